The van der Waals surface area contributed by atoms with Crippen molar-refractivity contribution in [1.82, 2.24) is 4.90 Å². The lowest BCUT2D eigenvalue weighted by atomic mass is 10.2. The van der Waals surface area contributed by atoms with E-state index in [2.05, 4.69) is 15.9 Å². The number of carboxylic acid groups (broad SMARTS) is 1. The molecule has 0 saturated carbocycles. The molecule has 92 valence electrons. The largest absolute Gasteiger partial charge is 0.480 e. The van der Waals surface area contributed by atoms with E-state index in [1.807, 2.05) is 24.3 Å². The Balaban J connectivity index is 2.73. The molecule has 1 aromatic carbocycles. The van der Waals surface area contributed by atoms with Crippen LogP contribution in [0.2, 0.25) is 0 Å². The second-order valence-corrected chi connectivity index (χ2v) is 4.46. The number of likely N-dealkylation sites (N-methyl/N-ethyl adjacent to an activating group) is 1. The molecule has 0 fully saturated rings. The minimum atomic E-state index is -1.51. The molecule has 6 heteroatoms. The summed E-state index contributed by atoms with van der Waals surface area (Å²) in [5, 5.41) is 8.64. The molecule has 1 amide bonds. The van der Waals surface area contributed by atoms with E-state index in [4.69, 9.17) is 10.8 Å². The maximum atomic E-state index is 11.6. The first kappa shape index (κ1) is 13.7. The summed E-state index contributed by atoms with van der Waals surface area (Å²) in [5.41, 5.74) is 6.14. The van der Waals surface area contributed by atoms with Crippen molar-refractivity contribution in [2.75, 3.05) is 7.05 Å². The van der Waals surface area contributed by atoms with Gasteiger partial charge in [-0.05, 0) is 11.6 Å². The molecule has 0 aliphatic rings. The Hall–Kier alpha value is -1.40. The van der Waals surface area contributed by atoms with Gasteiger partial charge in [-0.1, -0.05) is 34.1 Å². The van der Waals surface area contributed by atoms with Gasteiger partial charge < -0.3 is 15.7 Å². The molecule has 0 heterocycles. The molecule has 1 unspecified atom stereocenters. The summed E-state index contributed by atoms with van der Waals surface area (Å²) in [4.78, 5) is 23.5. The molecule has 0 saturated heterocycles. The second kappa shape index (κ2) is 5.79. The smallest absolute Gasteiger partial charge is 0.330 e. The monoisotopic (exact) mass is 300 g/mol. The van der Waals surface area contributed by atoms with Crippen LogP contribution in [0.5, 0.6) is 0 Å². The Morgan fingerprint density at radius 1 is 1.47 bits per heavy atom. The summed E-state index contributed by atoms with van der Waals surface area (Å²) in [7, 11) is 1.52. The highest BCUT2D eigenvalue weighted by molar-refractivity contribution is 9.10. The average Bonchev–Trinajstić information content (AvgIpc) is 2.30. The molecule has 0 spiro atoms. The van der Waals surface area contributed by atoms with E-state index in [1.54, 1.807) is 0 Å². The van der Waals surface area contributed by atoms with E-state index in [1.165, 1.54) is 11.9 Å². The normalized spacial score (nSPS) is 11.9. The van der Waals surface area contributed by atoms with Gasteiger partial charge in [0.05, 0.1) is 0 Å². The Kier molecular flexibility index (Phi) is 4.65. The topological polar surface area (TPSA) is 83.6 Å². The zero-order valence-electron chi connectivity index (χ0n) is 9.26. The van der Waals surface area contributed by atoms with Crippen LogP contribution < -0.4 is 5.73 Å². The summed E-state index contributed by atoms with van der Waals surface area (Å²) in [5.74, 6) is -1.94. The fraction of sp³-hybridized carbons (Fsp3) is 0.273. The van der Waals surface area contributed by atoms with Gasteiger partial charge in [0.25, 0.3) is 5.91 Å². The van der Waals surface area contributed by atoms with E-state index in [0.29, 0.717) is 6.54 Å². The third-order valence-corrected chi connectivity index (χ3v) is 3.05. The van der Waals surface area contributed by atoms with Crippen molar-refractivity contribution in [3.63, 3.8) is 0 Å². The number of carbonyl (C=O) groups is 2. The minimum Gasteiger partial charge on any atom is -0.480 e. The van der Waals surface area contributed by atoms with E-state index in [-0.39, 0.29) is 0 Å². The van der Waals surface area contributed by atoms with Gasteiger partial charge in [0.1, 0.15) is 0 Å². The number of rotatable bonds is 4. The first-order valence-corrected chi connectivity index (χ1v) is 5.69. The molecule has 1 atom stereocenters. The SMILES string of the molecule is CN(Cc1ccccc1Br)C(=O)C(N)C(=O)O. The summed E-state index contributed by atoms with van der Waals surface area (Å²) in [6.07, 6.45) is 0. The maximum absolute atomic E-state index is 11.6. The molecule has 3 N–H and O–H groups in total. The molecule has 1 rings (SSSR count). The number of aliphatic carboxylic acids is 1. The van der Waals surface area contributed by atoms with Crippen molar-refractivity contribution in [1.29, 1.82) is 0 Å². The van der Waals surface area contributed by atoms with Gasteiger partial charge in [-0.3, -0.25) is 4.79 Å². The van der Waals surface area contributed by atoms with Crippen LogP contribution in [0.4, 0.5) is 0 Å². The van der Waals surface area contributed by atoms with Gasteiger partial charge in [0, 0.05) is 18.1 Å². The highest BCUT2D eigenvalue weighted by atomic mass is 79.9. The quantitative estimate of drug-likeness (QED) is 0.807. The Morgan fingerprint density at radius 3 is 2.59 bits per heavy atom. The van der Waals surface area contributed by atoms with Crippen molar-refractivity contribution in [3.05, 3.63) is 34.3 Å². The third-order valence-electron chi connectivity index (χ3n) is 2.27. The molecule has 0 aliphatic heterocycles. The highest BCUT2D eigenvalue weighted by Crippen LogP contribution is 2.17. The van der Waals surface area contributed by atoms with Crippen LogP contribution >= 0.6 is 15.9 Å². The predicted octanol–water partition coefficient (Wildman–Crippen LogP) is 0.819. The van der Waals surface area contributed by atoms with Crippen LogP contribution in [-0.4, -0.2) is 35.0 Å². The molecule has 0 radical (unpaired) electrons. The first-order chi connectivity index (χ1) is 7.93. The molecular formula is C11H13BrN2O3. The molecule has 0 aromatic heterocycles. The van der Waals surface area contributed by atoms with Crippen LogP contribution in [0, 0.1) is 0 Å². The van der Waals surface area contributed by atoms with Crippen molar-refractivity contribution in [2.45, 2.75) is 12.6 Å². The van der Waals surface area contributed by atoms with Crippen LogP contribution in [0.1, 0.15) is 5.56 Å². The fourth-order valence-corrected chi connectivity index (χ4v) is 1.71. The first-order valence-electron chi connectivity index (χ1n) is 4.90. The molecule has 0 aliphatic carbocycles. The van der Waals surface area contributed by atoms with Gasteiger partial charge in [-0.25, -0.2) is 4.79 Å². The van der Waals surface area contributed by atoms with E-state index in [0.717, 1.165) is 10.0 Å². The van der Waals surface area contributed by atoms with Crippen molar-refractivity contribution in [2.24, 2.45) is 5.73 Å². The zero-order chi connectivity index (χ0) is 13.0. The lowest BCUT2D eigenvalue weighted by Gasteiger charge is -2.19. The van der Waals surface area contributed by atoms with E-state index < -0.39 is 17.9 Å². The summed E-state index contributed by atoms with van der Waals surface area (Å²) >= 11 is 3.35. The number of carbonyl (C=O) groups excluding carboxylic acids is 1. The number of amides is 1. The number of carboxylic acids is 1. The van der Waals surface area contributed by atoms with Gasteiger partial charge >= 0.3 is 5.97 Å². The third kappa shape index (κ3) is 3.54. The number of hydrogen-bond acceptors (Lipinski definition) is 3. The summed E-state index contributed by atoms with van der Waals surface area (Å²) in [6.45, 7) is 0.307. The highest BCUT2D eigenvalue weighted by Gasteiger charge is 2.24. The van der Waals surface area contributed by atoms with Gasteiger partial charge in [-0.2, -0.15) is 0 Å². The van der Waals surface area contributed by atoms with Gasteiger partial charge in [-0.15, -0.1) is 0 Å². The molecule has 1 aromatic rings. The lowest BCUT2D eigenvalue weighted by molar-refractivity contribution is -0.146. The van der Waals surface area contributed by atoms with Crippen LogP contribution in [0.15, 0.2) is 28.7 Å². The Labute approximate surface area is 107 Å². The summed E-state index contributed by atoms with van der Waals surface area (Å²) in [6, 6.07) is 5.89. The summed E-state index contributed by atoms with van der Waals surface area (Å²) < 4.78 is 0.864. The lowest BCUT2D eigenvalue weighted by Crippen LogP contribution is -2.46. The molecular weight excluding hydrogens is 288 g/mol. The molecule has 5 nitrogen and oxygen atoms in total. The average molecular weight is 301 g/mol. The predicted molar refractivity (Wildman–Crippen MR) is 66.2 cm³/mol. The molecule has 0 bridgehead atoms. The van der Waals surface area contributed by atoms with Gasteiger partial charge in [0.15, 0.2) is 6.04 Å². The number of hydrogen-bond donors (Lipinski definition) is 2. The van der Waals surface area contributed by atoms with E-state index >= 15 is 0 Å². The van der Waals surface area contributed by atoms with E-state index in [9.17, 15) is 9.59 Å². The zero-order valence-corrected chi connectivity index (χ0v) is 10.8. The Morgan fingerprint density at radius 2 is 2.06 bits per heavy atom. The minimum absolute atomic E-state index is 0.307. The number of nitrogens with zero attached hydrogens (tertiary/aromatic N) is 1. The number of halogens is 1. The fourth-order valence-electron chi connectivity index (χ4n) is 1.30. The maximum Gasteiger partial charge on any atom is 0.330 e. The number of benzene rings is 1. The van der Waals surface area contributed by atoms with Crippen LogP contribution in [0.3, 0.4) is 0 Å². The Bertz CT molecular complexity index is 436. The van der Waals surface area contributed by atoms with Crippen molar-refractivity contribution < 1.29 is 14.7 Å². The van der Waals surface area contributed by atoms with Crippen molar-refractivity contribution >= 4 is 27.8 Å². The standard InChI is InChI=1S/C11H13BrN2O3/c1-14(10(15)9(13)11(16)17)6-7-4-2-3-5-8(7)12/h2-5,9H,6,13H2,1H3,(H,16,17). The second-order valence-electron chi connectivity index (χ2n) is 3.60. The number of nitrogens with two attached hydrogens (primary N) is 1. The van der Waals surface area contributed by atoms with Gasteiger partial charge in [0.2, 0.25) is 0 Å². The van der Waals surface area contributed by atoms with Crippen molar-refractivity contribution in [3.8, 4) is 0 Å². The van der Waals surface area contributed by atoms with Crippen LogP contribution in [-0.2, 0) is 16.1 Å². The van der Waals surface area contributed by atoms with Crippen LogP contribution in [0.25, 0.3) is 0 Å². The molecule has 17 heavy (non-hydrogen) atoms.